The van der Waals surface area contributed by atoms with Crippen molar-refractivity contribution in [3.05, 3.63) is 57.6 Å². The van der Waals surface area contributed by atoms with Crippen LogP contribution in [0.25, 0.3) is 0 Å². The van der Waals surface area contributed by atoms with E-state index in [1.54, 1.807) is 6.07 Å². The highest BCUT2D eigenvalue weighted by atomic mass is 79.9. The summed E-state index contributed by atoms with van der Waals surface area (Å²) in [6.45, 7) is 0. The van der Waals surface area contributed by atoms with Gasteiger partial charge in [-0.1, -0.05) is 0 Å². The fourth-order valence-electron chi connectivity index (χ4n) is 1.57. The predicted octanol–water partition coefficient (Wildman–Crippen LogP) is 4.09. The van der Waals surface area contributed by atoms with Gasteiger partial charge in [0, 0.05) is 6.07 Å². The zero-order chi connectivity index (χ0) is 15.6. The molecule has 0 amide bonds. The standard InChI is InChI=1S/C14H6BrF2NO3/c15-12-7(6-18)1-4-10(13(12)17)21-11-5-8(16)2-3-9(11)14(19)20/h1-5H,(H,19,20). The van der Waals surface area contributed by atoms with Crippen LogP contribution in [0, 0.1) is 23.0 Å². The molecule has 0 spiro atoms. The molecular formula is C14H6BrF2NO3. The third-order valence-electron chi connectivity index (χ3n) is 2.56. The van der Waals surface area contributed by atoms with Gasteiger partial charge < -0.3 is 9.84 Å². The van der Waals surface area contributed by atoms with E-state index in [9.17, 15) is 13.6 Å². The normalized spacial score (nSPS) is 10.0. The molecule has 0 aliphatic carbocycles. The zero-order valence-corrected chi connectivity index (χ0v) is 11.8. The van der Waals surface area contributed by atoms with Gasteiger partial charge in [0.25, 0.3) is 0 Å². The molecule has 106 valence electrons. The van der Waals surface area contributed by atoms with Gasteiger partial charge in [0.05, 0.1) is 10.0 Å². The lowest BCUT2D eigenvalue weighted by Crippen LogP contribution is -2.01. The molecule has 2 aromatic carbocycles. The summed E-state index contributed by atoms with van der Waals surface area (Å²) >= 11 is 2.90. The average molecular weight is 354 g/mol. The van der Waals surface area contributed by atoms with Crippen molar-refractivity contribution >= 4 is 21.9 Å². The van der Waals surface area contributed by atoms with Crippen LogP contribution in [0.4, 0.5) is 8.78 Å². The molecule has 0 aromatic heterocycles. The van der Waals surface area contributed by atoms with Crippen LogP contribution in [0.1, 0.15) is 15.9 Å². The largest absolute Gasteiger partial charge is 0.478 e. The molecule has 0 saturated heterocycles. The van der Waals surface area contributed by atoms with Crippen LogP contribution in [-0.2, 0) is 0 Å². The Hall–Kier alpha value is -2.46. The minimum atomic E-state index is -1.34. The first-order chi connectivity index (χ1) is 9.93. The lowest BCUT2D eigenvalue weighted by molar-refractivity contribution is 0.0694. The number of halogens is 3. The Kier molecular flexibility index (Phi) is 4.19. The van der Waals surface area contributed by atoms with E-state index in [0.717, 1.165) is 24.3 Å². The minimum Gasteiger partial charge on any atom is -0.478 e. The molecule has 0 aliphatic rings. The SMILES string of the molecule is N#Cc1ccc(Oc2cc(F)ccc2C(=O)O)c(F)c1Br. The summed E-state index contributed by atoms with van der Waals surface area (Å²) in [5.41, 5.74) is -0.256. The van der Waals surface area contributed by atoms with E-state index in [1.165, 1.54) is 6.07 Å². The molecule has 4 nitrogen and oxygen atoms in total. The third-order valence-corrected chi connectivity index (χ3v) is 3.34. The topological polar surface area (TPSA) is 70.3 Å². The second kappa shape index (κ2) is 5.89. The van der Waals surface area contributed by atoms with Gasteiger partial charge in [0.1, 0.15) is 23.2 Å². The van der Waals surface area contributed by atoms with Crippen LogP contribution in [0.2, 0.25) is 0 Å². The lowest BCUT2D eigenvalue weighted by Gasteiger charge is -2.10. The van der Waals surface area contributed by atoms with Crippen molar-refractivity contribution in [2.24, 2.45) is 0 Å². The summed E-state index contributed by atoms with van der Waals surface area (Å²) in [6, 6.07) is 7.04. The fourth-order valence-corrected chi connectivity index (χ4v) is 1.99. The Balaban J connectivity index is 2.49. The van der Waals surface area contributed by atoms with Crippen LogP contribution >= 0.6 is 15.9 Å². The molecule has 0 radical (unpaired) electrons. The Labute approximate surface area is 126 Å². The molecule has 0 fully saturated rings. The van der Waals surface area contributed by atoms with E-state index in [0.29, 0.717) is 0 Å². The van der Waals surface area contributed by atoms with E-state index in [-0.39, 0.29) is 27.1 Å². The number of carboxylic acids is 1. The molecule has 1 N–H and O–H groups in total. The molecule has 0 aliphatic heterocycles. The Bertz CT molecular complexity index is 772. The molecule has 7 heteroatoms. The summed E-state index contributed by atoms with van der Waals surface area (Å²) in [5, 5.41) is 17.8. The van der Waals surface area contributed by atoms with Crippen LogP contribution in [-0.4, -0.2) is 11.1 Å². The highest BCUT2D eigenvalue weighted by Crippen LogP contribution is 2.33. The van der Waals surface area contributed by atoms with Crippen molar-refractivity contribution in [3.63, 3.8) is 0 Å². The summed E-state index contributed by atoms with van der Waals surface area (Å²) in [5.74, 6) is -3.59. The van der Waals surface area contributed by atoms with Gasteiger partial charge in [0.15, 0.2) is 11.6 Å². The van der Waals surface area contributed by atoms with Crippen LogP contribution in [0.3, 0.4) is 0 Å². The van der Waals surface area contributed by atoms with Crippen molar-refractivity contribution < 1.29 is 23.4 Å². The number of ether oxygens (including phenoxy) is 1. The molecular weight excluding hydrogens is 348 g/mol. The number of nitriles is 1. The molecule has 0 bridgehead atoms. The first-order valence-corrected chi connectivity index (χ1v) is 6.32. The van der Waals surface area contributed by atoms with E-state index in [4.69, 9.17) is 15.1 Å². The van der Waals surface area contributed by atoms with Gasteiger partial charge in [-0.05, 0) is 40.2 Å². The van der Waals surface area contributed by atoms with E-state index in [2.05, 4.69) is 15.9 Å². The highest BCUT2D eigenvalue weighted by Gasteiger charge is 2.17. The van der Waals surface area contributed by atoms with E-state index < -0.39 is 17.6 Å². The Morgan fingerprint density at radius 3 is 2.57 bits per heavy atom. The number of rotatable bonds is 3. The molecule has 0 heterocycles. The van der Waals surface area contributed by atoms with Crippen molar-refractivity contribution in [2.75, 3.05) is 0 Å². The minimum absolute atomic E-state index is 0.0533. The predicted molar refractivity (Wildman–Crippen MR) is 72.2 cm³/mol. The Morgan fingerprint density at radius 2 is 1.95 bits per heavy atom. The maximum Gasteiger partial charge on any atom is 0.339 e. The summed E-state index contributed by atoms with van der Waals surface area (Å²) < 4.78 is 32.2. The number of hydrogen-bond acceptors (Lipinski definition) is 3. The second-order valence-electron chi connectivity index (χ2n) is 3.90. The van der Waals surface area contributed by atoms with Gasteiger partial charge in [-0.3, -0.25) is 0 Å². The van der Waals surface area contributed by atoms with Gasteiger partial charge in [-0.25, -0.2) is 13.6 Å². The summed E-state index contributed by atoms with van der Waals surface area (Å²) in [6.07, 6.45) is 0. The number of carbonyl (C=O) groups is 1. The molecule has 2 rings (SSSR count). The maximum absolute atomic E-state index is 14.0. The molecule has 2 aromatic rings. The van der Waals surface area contributed by atoms with Gasteiger partial charge in [-0.2, -0.15) is 5.26 Å². The molecule has 0 atom stereocenters. The van der Waals surface area contributed by atoms with Crippen molar-refractivity contribution in [3.8, 4) is 17.6 Å². The number of aromatic carboxylic acids is 1. The summed E-state index contributed by atoms with van der Waals surface area (Å²) in [7, 11) is 0. The molecule has 0 saturated carbocycles. The van der Waals surface area contributed by atoms with Crippen molar-refractivity contribution in [2.45, 2.75) is 0 Å². The first-order valence-electron chi connectivity index (χ1n) is 5.53. The van der Waals surface area contributed by atoms with Crippen LogP contribution < -0.4 is 4.74 Å². The smallest absolute Gasteiger partial charge is 0.339 e. The van der Waals surface area contributed by atoms with Crippen LogP contribution in [0.5, 0.6) is 11.5 Å². The zero-order valence-electron chi connectivity index (χ0n) is 10.2. The number of nitrogens with zero attached hydrogens (tertiary/aromatic N) is 1. The number of hydrogen-bond donors (Lipinski definition) is 1. The fraction of sp³-hybridized carbons (Fsp3) is 0. The monoisotopic (exact) mass is 353 g/mol. The summed E-state index contributed by atoms with van der Waals surface area (Å²) in [4.78, 5) is 11.0. The van der Waals surface area contributed by atoms with Gasteiger partial charge >= 0.3 is 5.97 Å². The quantitative estimate of drug-likeness (QED) is 0.901. The highest BCUT2D eigenvalue weighted by molar-refractivity contribution is 9.10. The van der Waals surface area contributed by atoms with E-state index >= 15 is 0 Å². The number of carboxylic acid groups (broad SMARTS) is 1. The van der Waals surface area contributed by atoms with Crippen LogP contribution in [0.15, 0.2) is 34.8 Å². The van der Waals surface area contributed by atoms with Crippen molar-refractivity contribution in [1.29, 1.82) is 5.26 Å². The first kappa shape index (κ1) is 14.9. The van der Waals surface area contributed by atoms with E-state index in [1.807, 2.05) is 0 Å². The average Bonchev–Trinajstić information content (AvgIpc) is 2.44. The van der Waals surface area contributed by atoms with Gasteiger partial charge in [0.2, 0.25) is 0 Å². The van der Waals surface area contributed by atoms with Crippen molar-refractivity contribution in [1.82, 2.24) is 0 Å². The second-order valence-corrected chi connectivity index (χ2v) is 4.69. The van der Waals surface area contributed by atoms with Gasteiger partial charge in [-0.15, -0.1) is 0 Å². The molecule has 21 heavy (non-hydrogen) atoms. The lowest BCUT2D eigenvalue weighted by atomic mass is 10.2. The maximum atomic E-state index is 14.0. The molecule has 0 unspecified atom stereocenters. The Morgan fingerprint density at radius 1 is 1.24 bits per heavy atom. The number of benzene rings is 2. The third kappa shape index (κ3) is 3.01.